The number of pyridine rings is 2. The fraction of sp³-hybridized carbons (Fsp3) is 0.536. The van der Waals surface area contributed by atoms with E-state index in [1.54, 1.807) is 12.1 Å². The third-order valence-electron chi connectivity index (χ3n) is 8.83. The van der Waals surface area contributed by atoms with Crippen molar-refractivity contribution in [2.45, 2.75) is 70.6 Å². The van der Waals surface area contributed by atoms with Crippen molar-refractivity contribution >= 4 is 28.6 Å². The number of H-pyrrole nitrogens is 2. The van der Waals surface area contributed by atoms with Gasteiger partial charge in [0.1, 0.15) is 11.4 Å². The highest BCUT2D eigenvalue weighted by Crippen LogP contribution is 2.39. The molecule has 2 atom stereocenters. The molecule has 2 aliphatic carbocycles. The molecule has 0 amide bonds. The van der Waals surface area contributed by atoms with Crippen molar-refractivity contribution in [3.05, 3.63) is 44.3 Å². The third-order valence-corrected chi connectivity index (χ3v) is 9.04. The molecule has 1 aliphatic heterocycles. The molecule has 40 heavy (non-hydrogen) atoms. The van der Waals surface area contributed by atoms with Crippen molar-refractivity contribution in [2.75, 3.05) is 18.1 Å². The molecule has 0 aromatic carbocycles. The minimum absolute atomic E-state index is 0.172. The number of nitrogens with zero attached hydrogens (tertiary/aromatic N) is 5. The lowest BCUT2D eigenvalue weighted by molar-refractivity contribution is 0.0247. The summed E-state index contributed by atoms with van der Waals surface area (Å²) in [7, 11) is 0. The number of fused-ring (bicyclic) bond motifs is 2. The van der Waals surface area contributed by atoms with Crippen LogP contribution in [0.5, 0.6) is 0 Å². The van der Waals surface area contributed by atoms with Crippen molar-refractivity contribution in [3.8, 4) is 22.8 Å². The van der Waals surface area contributed by atoms with Crippen LogP contribution in [0.3, 0.4) is 0 Å². The lowest BCUT2D eigenvalue weighted by Gasteiger charge is -2.39. The standard InChI is InChI=1S/C28H32ClN7O4/c1-15-5-7-16(8-6-15)14-36-24-19(32-27(36)35-9-10-39-22-4-2-3-21(22)35)12-20(25-33-28(38)40-34-25)31-23(24)18-11-17(29)13-30-26(18)37/h11-13,15-16,21-22H,2-10,14H2,1H3,(H,30,37)(H,33,34,38)/t15?,16?,21-,22-/m1/s1. The summed E-state index contributed by atoms with van der Waals surface area (Å²) in [5.41, 5.74) is 2.26. The maximum absolute atomic E-state index is 13.2. The molecule has 11 nitrogen and oxygen atoms in total. The summed E-state index contributed by atoms with van der Waals surface area (Å²) in [4.78, 5) is 42.7. The van der Waals surface area contributed by atoms with Gasteiger partial charge in [-0.05, 0) is 56.1 Å². The number of morpholine rings is 1. The van der Waals surface area contributed by atoms with Crippen LogP contribution in [0.2, 0.25) is 5.02 Å². The van der Waals surface area contributed by atoms with Crippen LogP contribution in [-0.4, -0.2) is 55.0 Å². The van der Waals surface area contributed by atoms with Gasteiger partial charge >= 0.3 is 5.76 Å². The maximum Gasteiger partial charge on any atom is 0.439 e. The SMILES string of the molecule is CC1CCC(Cn2c(N3CCO[C@@H]4CCC[C@H]43)nc3cc(-c4noc(=O)[nH]4)nc(-c4cc(Cl)c[nH]c4=O)c32)CC1. The monoisotopic (exact) mass is 565 g/mol. The van der Waals surface area contributed by atoms with Crippen LogP contribution in [0.4, 0.5) is 5.95 Å². The molecule has 7 rings (SSSR count). The second-order valence-electron chi connectivity index (χ2n) is 11.5. The number of aromatic nitrogens is 6. The largest absolute Gasteiger partial charge is 0.439 e. The fourth-order valence-electron chi connectivity index (χ4n) is 6.76. The quantitative estimate of drug-likeness (QED) is 0.364. The van der Waals surface area contributed by atoms with E-state index in [9.17, 15) is 9.59 Å². The number of nitrogens with one attached hydrogen (secondary N) is 2. The highest BCUT2D eigenvalue weighted by atomic mass is 35.5. The topological polar surface area (TPSA) is 135 Å². The molecule has 0 spiro atoms. The van der Waals surface area contributed by atoms with E-state index in [1.165, 1.54) is 19.0 Å². The van der Waals surface area contributed by atoms with Crippen LogP contribution in [-0.2, 0) is 11.3 Å². The summed E-state index contributed by atoms with van der Waals surface area (Å²) < 4.78 is 13.2. The molecule has 5 heterocycles. The predicted molar refractivity (Wildman–Crippen MR) is 151 cm³/mol. The van der Waals surface area contributed by atoms with Gasteiger partial charge < -0.3 is 19.2 Å². The van der Waals surface area contributed by atoms with Gasteiger partial charge in [-0.3, -0.25) is 14.3 Å². The summed E-state index contributed by atoms with van der Waals surface area (Å²) in [6.45, 7) is 4.50. The predicted octanol–water partition coefficient (Wildman–Crippen LogP) is 4.37. The zero-order valence-corrected chi connectivity index (χ0v) is 23.1. The van der Waals surface area contributed by atoms with Crippen molar-refractivity contribution in [3.63, 3.8) is 0 Å². The van der Waals surface area contributed by atoms with Crippen LogP contribution < -0.4 is 16.2 Å². The number of anilines is 1. The minimum atomic E-state index is -0.683. The molecule has 1 saturated heterocycles. The van der Waals surface area contributed by atoms with E-state index < -0.39 is 5.76 Å². The Labute approximate surface area is 234 Å². The van der Waals surface area contributed by atoms with E-state index in [0.717, 1.165) is 62.6 Å². The molecular weight excluding hydrogens is 534 g/mol. The average Bonchev–Trinajstić information content (AvgIpc) is 3.69. The van der Waals surface area contributed by atoms with E-state index >= 15 is 0 Å². The van der Waals surface area contributed by atoms with E-state index in [4.69, 9.17) is 30.8 Å². The second-order valence-corrected chi connectivity index (χ2v) is 11.9. The molecule has 2 saturated carbocycles. The molecule has 3 fully saturated rings. The Hall–Kier alpha value is -3.44. The first-order chi connectivity index (χ1) is 19.4. The van der Waals surface area contributed by atoms with Crippen molar-refractivity contribution in [1.82, 2.24) is 29.7 Å². The lowest BCUT2D eigenvalue weighted by Crippen LogP contribution is -2.49. The van der Waals surface area contributed by atoms with E-state index in [0.29, 0.717) is 40.0 Å². The smallest absolute Gasteiger partial charge is 0.374 e. The highest BCUT2D eigenvalue weighted by Gasteiger charge is 2.39. The Morgan fingerprint density at radius 2 is 1.95 bits per heavy atom. The molecule has 0 radical (unpaired) electrons. The van der Waals surface area contributed by atoms with Gasteiger partial charge in [0.25, 0.3) is 5.56 Å². The van der Waals surface area contributed by atoms with Crippen molar-refractivity contribution < 1.29 is 9.26 Å². The highest BCUT2D eigenvalue weighted by molar-refractivity contribution is 6.30. The Morgan fingerprint density at radius 3 is 2.75 bits per heavy atom. The molecule has 210 valence electrons. The lowest BCUT2D eigenvalue weighted by atomic mass is 9.83. The first-order valence-corrected chi connectivity index (χ1v) is 14.6. The van der Waals surface area contributed by atoms with E-state index in [2.05, 4.69) is 31.5 Å². The van der Waals surface area contributed by atoms with Crippen molar-refractivity contribution in [1.29, 1.82) is 0 Å². The van der Waals surface area contributed by atoms with Gasteiger partial charge in [-0.2, -0.15) is 0 Å². The first-order valence-electron chi connectivity index (χ1n) is 14.2. The van der Waals surface area contributed by atoms with Crippen LogP contribution >= 0.6 is 11.6 Å². The summed E-state index contributed by atoms with van der Waals surface area (Å²) in [6, 6.07) is 3.69. The number of imidazole rings is 1. The molecule has 3 aliphatic rings. The minimum Gasteiger partial charge on any atom is -0.374 e. The van der Waals surface area contributed by atoms with Gasteiger partial charge in [0, 0.05) is 19.3 Å². The molecule has 0 unspecified atom stereocenters. The van der Waals surface area contributed by atoms with Crippen molar-refractivity contribution in [2.24, 2.45) is 11.8 Å². The summed E-state index contributed by atoms with van der Waals surface area (Å²) in [5.74, 6) is 1.60. The van der Waals surface area contributed by atoms with Crippen LogP contribution in [0.25, 0.3) is 33.8 Å². The van der Waals surface area contributed by atoms with Gasteiger partial charge in [0.05, 0.1) is 40.4 Å². The Kier molecular flexibility index (Phi) is 6.50. The number of rotatable bonds is 5. The molecule has 0 bridgehead atoms. The zero-order chi connectivity index (χ0) is 27.4. The Balaban J connectivity index is 1.47. The summed E-state index contributed by atoms with van der Waals surface area (Å²) in [5, 5.41) is 4.24. The Morgan fingerprint density at radius 1 is 1.10 bits per heavy atom. The second kappa shape index (κ2) is 10.2. The van der Waals surface area contributed by atoms with Gasteiger partial charge in [0.2, 0.25) is 11.8 Å². The Bertz CT molecular complexity index is 1670. The first kappa shape index (κ1) is 25.5. The van der Waals surface area contributed by atoms with Gasteiger partial charge in [-0.1, -0.05) is 36.5 Å². The van der Waals surface area contributed by atoms with E-state index in [1.807, 2.05) is 0 Å². The van der Waals surface area contributed by atoms with Gasteiger partial charge in [-0.25, -0.2) is 14.8 Å². The third kappa shape index (κ3) is 4.54. The van der Waals surface area contributed by atoms with Gasteiger partial charge in [0.15, 0.2) is 0 Å². The molecule has 2 N–H and O–H groups in total. The molecular formula is C28H32ClN7O4. The fourth-order valence-corrected chi connectivity index (χ4v) is 6.93. The summed E-state index contributed by atoms with van der Waals surface area (Å²) >= 11 is 6.36. The van der Waals surface area contributed by atoms with Gasteiger partial charge in [-0.15, -0.1) is 0 Å². The number of hydrogen-bond acceptors (Lipinski definition) is 8. The molecule has 4 aromatic heterocycles. The number of ether oxygens (including phenoxy) is 1. The van der Waals surface area contributed by atoms with Crippen LogP contribution in [0.1, 0.15) is 51.9 Å². The number of hydrogen-bond donors (Lipinski definition) is 2. The van der Waals surface area contributed by atoms with Crippen LogP contribution in [0, 0.1) is 11.8 Å². The van der Waals surface area contributed by atoms with Crippen LogP contribution in [0.15, 0.2) is 32.4 Å². The average molecular weight is 566 g/mol. The zero-order valence-electron chi connectivity index (χ0n) is 22.4. The molecule has 4 aromatic rings. The summed E-state index contributed by atoms with van der Waals surface area (Å²) in [6.07, 6.45) is 9.60. The maximum atomic E-state index is 13.2. The molecule has 12 heteroatoms. The number of halogens is 1. The number of aromatic amines is 2. The normalized spacial score (nSPS) is 25.0. The van der Waals surface area contributed by atoms with E-state index in [-0.39, 0.29) is 23.5 Å².